The summed E-state index contributed by atoms with van der Waals surface area (Å²) in [5, 5.41) is 9.09. The Morgan fingerprint density at radius 1 is 0.854 bits per heavy atom. The van der Waals surface area contributed by atoms with Crippen molar-refractivity contribution in [2.45, 2.75) is 26.0 Å². The molecule has 2 heterocycles. The zero-order valence-corrected chi connectivity index (χ0v) is 24.0. The molecule has 3 aromatic carbocycles. The Bertz CT molecular complexity index is 1490. The van der Waals surface area contributed by atoms with Gasteiger partial charge < -0.3 is 23.7 Å². The van der Waals surface area contributed by atoms with Gasteiger partial charge in [-0.3, -0.25) is 4.79 Å². The fraction of sp³-hybridized carbons (Fsp3) is 0.323. The van der Waals surface area contributed by atoms with Gasteiger partial charge in [-0.2, -0.15) is 0 Å². The van der Waals surface area contributed by atoms with E-state index in [9.17, 15) is 4.79 Å². The van der Waals surface area contributed by atoms with Crippen LogP contribution in [-0.4, -0.2) is 48.9 Å². The number of methoxy groups -OCH3 is 3. The maximum atomic E-state index is 12.7. The molecule has 0 spiro atoms. The molecule has 0 radical (unpaired) electrons. The van der Waals surface area contributed by atoms with Crippen LogP contribution in [0.2, 0.25) is 5.02 Å². The molecule has 2 atom stereocenters. The predicted molar refractivity (Wildman–Crippen MR) is 153 cm³/mol. The highest BCUT2D eigenvalue weighted by Crippen LogP contribution is 2.35. The quantitative estimate of drug-likeness (QED) is 0.213. The summed E-state index contributed by atoms with van der Waals surface area (Å²) >= 11 is 5.97. The largest absolute Gasteiger partial charge is 0.493 e. The molecule has 214 valence electrons. The van der Waals surface area contributed by atoms with E-state index < -0.39 is 0 Å². The predicted octanol–water partition coefficient (Wildman–Crippen LogP) is 5.16. The Balaban J connectivity index is 1.21. The molecule has 1 aliphatic heterocycles. The van der Waals surface area contributed by atoms with E-state index >= 15 is 0 Å². The second-order valence-electron chi connectivity index (χ2n) is 9.90. The van der Waals surface area contributed by atoms with Gasteiger partial charge in [-0.25, -0.2) is 4.68 Å². The van der Waals surface area contributed by atoms with Gasteiger partial charge in [0.2, 0.25) is 0 Å². The van der Waals surface area contributed by atoms with Crippen molar-refractivity contribution in [3.8, 4) is 23.0 Å². The van der Waals surface area contributed by atoms with Gasteiger partial charge in [0, 0.05) is 10.9 Å². The fourth-order valence-corrected chi connectivity index (χ4v) is 5.11. The molecule has 0 amide bonds. The summed E-state index contributed by atoms with van der Waals surface area (Å²) in [5.41, 5.74) is 3.78. The number of cyclic esters (lactones) is 1. The number of carbonyl (C=O) groups excluding carboxylic acids is 1. The third-order valence-corrected chi connectivity index (χ3v) is 7.41. The fourth-order valence-electron chi connectivity index (χ4n) is 4.99. The first kappa shape index (κ1) is 28.3. The van der Waals surface area contributed by atoms with Crippen LogP contribution in [0.25, 0.3) is 0 Å². The van der Waals surface area contributed by atoms with Crippen molar-refractivity contribution < 1.29 is 28.5 Å². The van der Waals surface area contributed by atoms with Crippen LogP contribution in [0, 0.1) is 11.8 Å². The molecule has 0 N–H and O–H groups in total. The summed E-state index contributed by atoms with van der Waals surface area (Å²) in [7, 11) is 4.81. The summed E-state index contributed by atoms with van der Waals surface area (Å²) in [6.45, 7) is 1.20. The smallest absolute Gasteiger partial charge is 0.309 e. The van der Waals surface area contributed by atoms with Gasteiger partial charge in [0.25, 0.3) is 0 Å². The van der Waals surface area contributed by atoms with Crippen molar-refractivity contribution in [3.05, 3.63) is 94.3 Å². The maximum Gasteiger partial charge on any atom is 0.309 e. The summed E-state index contributed by atoms with van der Waals surface area (Å²) in [5.74, 6) is 2.09. The van der Waals surface area contributed by atoms with E-state index in [1.807, 2.05) is 66.9 Å². The highest BCUT2D eigenvalue weighted by molar-refractivity contribution is 6.30. The van der Waals surface area contributed by atoms with E-state index in [2.05, 4.69) is 10.3 Å². The normalized spacial score (nSPS) is 16.3. The second kappa shape index (κ2) is 13.0. The van der Waals surface area contributed by atoms with Crippen LogP contribution in [0.4, 0.5) is 0 Å². The van der Waals surface area contributed by atoms with Gasteiger partial charge in [-0.1, -0.05) is 41.1 Å². The van der Waals surface area contributed by atoms with Crippen molar-refractivity contribution in [1.82, 2.24) is 15.0 Å². The van der Waals surface area contributed by atoms with Crippen molar-refractivity contribution in [3.63, 3.8) is 0 Å². The van der Waals surface area contributed by atoms with Crippen molar-refractivity contribution in [2.24, 2.45) is 11.8 Å². The number of aromatic nitrogens is 3. The third kappa shape index (κ3) is 6.92. The van der Waals surface area contributed by atoms with E-state index in [1.54, 1.807) is 26.0 Å². The standard InChI is InChI=1S/C31H32ClN3O6/c1-37-27-10-6-21(14-29(27)38-2)12-23-18-41-31(36)26(23)13-22-7-11-28(30(15-22)39-3)40-19-25-17-35(34-33-25)16-20-4-8-24(32)9-5-20/h4-11,14-15,17,23,26H,12-13,16,18-19H2,1-3H3/t23-,26+/m0/s1. The molecule has 5 rings (SSSR count). The third-order valence-electron chi connectivity index (χ3n) is 7.16. The van der Waals surface area contributed by atoms with E-state index in [1.165, 1.54) is 0 Å². The van der Waals surface area contributed by atoms with Crippen molar-refractivity contribution >= 4 is 17.6 Å². The summed E-state index contributed by atoms with van der Waals surface area (Å²) < 4.78 is 29.6. The first-order valence-corrected chi connectivity index (χ1v) is 13.6. The van der Waals surface area contributed by atoms with Gasteiger partial charge in [0.1, 0.15) is 12.3 Å². The molecular weight excluding hydrogens is 546 g/mol. The highest BCUT2D eigenvalue weighted by Gasteiger charge is 2.37. The monoisotopic (exact) mass is 577 g/mol. The molecule has 41 heavy (non-hydrogen) atoms. The Hall–Kier alpha value is -4.24. The lowest BCUT2D eigenvalue weighted by Gasteiger charge is -2.17. The summed E-state index contributed by atoms with van der Waals surface area (Å²) in [4.78, 5) is 12.7. The zero-order valence-electron chi connectivity index (χ0n) is 23.2. The highest BCUT2D eigenvalue weighted by atomic mass is 35.5. The molecule has 9 nitrogen and oxygen atoms in total. The number of esters is 1. The SMILES string of the molecule is COc1ccc(C[C@H]2COC(=O)[C@@H]2Cc2ccc(OCc3cn(Cc4ccc(Cl)cc4)nn3)c(OC)c2)cc1OC. The first-order chi connectivity index (χ1) is 19.9. The number of nitrogens with zero attached hydrogens (tertiary/aromatic N) is 3. The number of benzene rings is 3. The molecule has 1 aliphatic rings. The van der Waals surface area contributed by atoms with Gasteiger partial charge in [-0.05, 0) is 65.9 Å². The minimum atomic E-state index is -0.268. The van der Waals surface area contributed by atoms with Crippen LogP contribution in [0.3, 0.4) is 0 Å². The molecular formula is C31H32ClN3O6. The lowest BCUT2D eigenvalue weighted by Crippen LogP contribution is -2.20. The Morgan fingerprint density at radius 3 is 2.20 bits per heavy atom. The first-order valence-electron chi connectivity index (χ1n) is 13.3. The van der Waals surface area contributed by atoms with E-state index in [0.717, 1.165) is 16.7 Å². The van der Waals surface area contributed by atoms with Crippen LogP contribution in [0.1, 0.15) is 22.4 Å². The zero-order chi connectivity index (χ0) is 28.8. The molecule has 1 aromatic heterocycles. The summed E-state index contributed by atoms with van der Waals surface area (Å²) in [6.07, 6.45) is 3.07. The summed E-state index contributed by atoms with van der Waals surface area (Å²) in [6, 6.07) is 19.1. The molecule has 1 saturated heterocycles. The topological polar surface area (TPSA) is 93.9 Å². The van der Waals surface area contributed by atoms with E-state index in [0.29, 0.717) is 59.7 Å². The van der Waals surface area contributed by atoms with Crippen LogP contribution >= 0.6 is 11.6 Å². The molecule has 4 aromatic rings. The number of ether oxygens (including phenoxy) is 5. The molecule has 0 saturated carbocycles. The average molecular weight is 578 g/mol. The molecule has 0 aliphatic carbocycles. The second-order valence-corrected chi connectivity index (χ2v) is 10.3. The van der Waals surface area contributed by atoms with Crippen molar-refractivity contribution in [2.75, 3.05) is 27.9 Å². The van der Waals surface area contributed by atoms with Crippen LogP contribution < -0.4 is 18.9 Å². The maximum absolute atomic E-state index is 12.7. The average Bonchev–Trinajstić information content (AvgIpc) is 3.59. The lowest BCUT2D eigenvalue weighted by molar-refractivity contribution is -0.141. The minimum absolute atomic E-state index is 0.0398. The number of rotatable bonds is 12. The molecule has 10 heteroatoms. The molecule has 0 unspecified atom stereocenters. The van der Waals surface area contributed by atoms with Gasteiger partial charge in [-0.15, -0.1) is 5.10 Å². The lowest BCUT2D eigenvalue weighted by atomic mass is 9.85. The van der Waals surface area contributed by atoms with Crippen LogP contribution in [0.15, 0.2) is 66.9 Å². The van der Waals surface area contributed by atoms with Gasteiger partial charge >= 0.3 is 5.97 Å². The van der Waals surface area contributed by atoms with Crippen LogP contribution in [0.5, 0.6) is 23.0 Å². The molecule has 1 fully saturated rings. The van der Waals surface area contributed by atoms with E-state index in [-0.39, 0.29) is 24.4 Å². The Labute approximate surface area is 243 Å². The number of halogens is 1. The van der Waals surface area contributed by atoms with E-state index in [4.69, 9.17) is 35.3 Å². The number of carbonyl (C=O) groups is 1. The Kier molecular flexibility index (Phi) is 8.94. The van der Waals surface area contributed by atoms with Gasteiger partial charge in [0.15, 0.2) is 23.0 Å². The molecule has 0 bridgehead atoms. The van der Waals surface area contributed by atoms with Crippen LogP contribution in [-0.2, 0) is 35.5 Å². The number of hydrogen-bond acceptors (Lipinski definition) is 8. The van der Waals surface area contributed by atoms with Crippen molar-refractivity contribution in [1.29, 1.82) is 0 Å². The minimum Gasteiger partial charge on any atom is -0.493 e. The van der Waals surface area contributed by atoms with Gasteiger partial charge in [0.05, 0.1) is 46.6 Å². The number of hydrogen-bond donors (Lipinski definition) is 0. The Morgan fingerprint density at radius 2 is 1.49 bits per heavy atom.